The molecule has 0 radical (unpaired) electrons. The van der Waals surface area contributed by atoms with E-state index in [4.69, 9.17) is 0 Å². The molecule has 0 bridgehead atoms. The van der Waals surface area contributed by atoms with Crippen LogP contribution in [0, 0.1) is 0 Å². The van der Waals surface area contributed by atoms with Gasteiger partial charge in [0.25, 0.3) is 0 Å². The van der Waals surface area contributed by atoms with Gasteiger partial charge in [0.15, 0.2) is 5.96 Å². The molecule has 1 rings (SSSR count). The summed E-state index contributed by atoms with van der Waals surface area (Å²) in [6.45, 7) is 2.89. The molecule has 1 heterocycles. The normalized spacial score (nSPS) is 10.9. The molecule has 0 amide bonds. The van der Waals surface area contributed by atoms with Crippen molar-refractivity contribution in [1.82, 2.24) is 15.2 Å². The van der Waals surface area contributed by atoms with E-state index < -0.39 is 0 Å². The third-order valence-corrected chi connectivity index (χ3v) is 3.12. The number of aliphatic imine (C=N–C) groups is 1. The first-order valence-corrected chi connectivity index (χ1v) is 5.80. The smallest absolute Gasteiger partial charge is 0.193 e. The molecule has 1 aromatic heterocycles. The minimum absolute atomic E-state index is 0. The Labute approximate surface area is 118 Å². The van der Waals surface area contributed by atoms with Gasteiger partial charge >= 0.3 is 0 Å². The van der Waals surface area contributed by atoms with Crippen molar-refractivity contribution in [2.45, 2.75) is 19.9 Å². The van der Waals surface area contributed by atoms with Gasteiger partial charge in [0.2, 0.25) is 0 Å². The zero-order valence-electron chi connectivity index (χ0n) is 10.1. The third kappa shape index (κ3) is 4.65. The number of hydrogen-bond donors (Lipinski definition) is 1. The van der Waals surface area contributed by atoms with E-state index in [0.717, 1.165) is 23.9 Å². The van der Waals surface area contributed by atoms with Crippen LogP contribution in [0.1, 0.15) is 16.8 Å². The summed E-state index contributed by atoms with van der Waals surface area (Å²) in [5, 5.41) is 4.35. The molecule has 0 spiro atoms. The van der Waals surface area contributed by atoms with Crippen molar-refractivity contribution < 1.29 is 0 Å². The van der Waals surface area contributed by atoms with Gasteiger partial charge in [-0.1, -0.05) is 6.92 Å². The minimum atomic E-state index is 0. The quantitative estimate of drug-likeness (QED) is 0.513. The highest BCUT2D eigenvalue weighted by Gasteiger charge is 2.03. The topological polar surface area (TPSA) is 40.5 Å². The zero-order chi connectivity index (χ0) is 11.3. The zero-order valence-corrected chi connectivity index (χ0v) is 13.3. The number of aromatic nitrogens is 1. The van der Waals surface area contributed by atoms with E-state index in [0.29, 0.717) is 0 Å². The Morgan fingerprint density at radius 2 is 2.25 bits per heavy atom. The molecule has 0 saturated heterocycles. The monoisotopic (exact) mass is 354 g/mol. The average Bonchev–Trinajstić information content (AvgIpc) is 2.66. The summed E-state index contributed by atoms with van der Waals surface area (Å²) in [5.41, 5.74) is 0. The van der Waals surface area contributed by atoms with Gasteiger partial charge in [-0.15, -0.1) is 35.3 Å². The Kier molecular flexibility index (Phi) is 7.65. The Bertz CT molecular complexity index is 335. The van der Waals surface area contributed by atoms with E-state index >= 15 is 0 Å². The summed E-state index contributed by atoms with van der Waals surface area (Å²) >= 11 is 1.75. The second kappa shape index (κ2) is 7.83. The second-order valence-corrected chi connectivity index (χ2v) is 4.57. The summed E-state index contributed by atoms with van der Waals surface area (Å²) in [6, 6.07) is 0. The fourth-order valence-corrected chi connectivity index (χ4v) is 1.99. The Balaban J connectivity index is 0.00000225. The number of nitrogens with one attached hydrogen (secondary N) is 1. The van der Waals surface area contributed by atoms with Crippen LogP contribution >= 0.6 is 35.3 Å². The predicted molar refractivity (Wildman–Crippen MR) is 80.8 cm³/mol. The predicted octanol–water partition coefficient (Wildman–Crippen LogP) is 1.96. The lowest BCUT2D eigenvalue weighted by atomic mass is 10.4. The standard InChI is InChI=1S/C10H18N4S.HI/c1-5-8-6-12-9(15-8)7-13-10(11-2)14(3)4;/h6H,5,7H2,1-4H3,(H,11,13);1H. The average molecular weight is 354 g/mol. The SMILES string of the molecule is CCc1cnc(CNC(=NC)N(C)C)s1.I. The Morgan fingerprint density at radius 1 is 1.56 bits per heavy atom. The Morgan fingerprint density at radius 3 is 2.69 bits per heavy atom. The van der Waals surface area contributed by atoms with Crippen molar-refractivity contribution in [2.75, 3.05) is 21.1 Å². The molecule has 0 fully saturated rings. The van der Waals surface area contributed by atoms with Crippen LogP contribution in [0.15, 0.2) is 11.2 Å². The first kappa shape index (κ1) is 15.6. The Hall–Kier alpha value is -0.370. The summed E-state index contributed by atoms with van der Waals surface area (Å²) in [4.78, 5) is 11.8. The van der Waals surface area contributed by atoms with Crippen molar-refractivity contribution in [3.05, 3.63) is 16.1 Å². The summed E-state index contributed by atoms with van der Waals surface area (Å²) < 4.78 is 0. The van der Waals surface area contributed by atoms with Crippen LogP contribution in [-0.2, 0) is 13.0 Å². The molecule has 4 nitrogen and oxygen atoms in total. The van der Waals surface area contributed by atoms with Crippen molar-refractivity contribution in [1.29, 1.82) is 0 Å². The molecule has 92 valence electrons. The number of thiazole rings is 1. The van der Waals surface area contributed by atoms with Crippen molar-refractivity contribution in [2.24, 2.45) is 4.99 Å². The van der Waals surface area contributed by atoms with Gasteiger partial charge in [0.1, 0.15) is 5.01 Å². The van der Waals surface area contributed by atoms with E-state index in [-0.39, 0.29) is 24.0 Å². The van der Waals surface area contributed by atoms with Crippen LogP contribution in [0.5, 0.6) is 0 Å². The molecule has 6 heteroatoms. The summed E-state index contributed by atoms with van der Waals surface area (Å²) in [7, 11) is 5.71. The lowest BCUT2D eigenvalue weighted by Crippen LogP contribution is -2.35. The molecule has 0 aromatic carbocycles. The van der Waals surface area contributed by atoms with Gasteiger partial charge in [-0.05, 0) is 6.42 Å². The number of aryl methyl sites for hydroxylation is 1. The molecule has 1 N–H and O–H groups in total. The molecule has 0 aliphatic heterocycles. The summed E-state index contributed by atoms with van der Waals surface area (Å²) in [6.07, 6.45) is 3.00. The maximum absolute atomic E-state index is 4.34. The van der Waals surface area contributed by atoms with E-state index in [1.165, 1.54) is 4.88 Å². The highest BCUT2D eigenvalue weighted by molar-refractivity contribution is 14.0. The van der Waals surface area contributed by atoms with Crippen LogP contribution in [0.4, 0.5) is 0 Å². The van der Waals surface area contributed by atoms with Crippen LogP contribution in [0.3, 0.4) is 0 Å². The number of hydrogen-bond acceptors (Lipinski definition) is 3. The molecular weight excluding hydrogens is 335 g/mol. The van der Waals surface area contributed by atoms with Crippen molar-refractivity contribution in [3.8, 4) is 0 Å². The van der Waals surface area contributed by atoms with Crippen LogP contribution in [-0.4, -0.2) is 37.0 Å². The molecular formula is C10H19IN4S. The van der Waals surface area contributed by atoms with E-state index in [2.05, 4.69) is 22.2 Å². The van der Waals surface area contributed by atoms with Crippen LogP contribution in [0.2, 0.25) is 0 Å². The second-order valence-electron chi connectivity index (χ2n) is 3.37. The van der Waals surface area contributed by atoms with Gasteiger partial charge in [0, 0.05) is 32.2 Å². The molecule has 0 saturated carbocycles. The molecule has 1 aromatic rings. The fourth-order valence-electron chi connectivity index (χ4n) is 1.19. The lowest BCUT2D eigenvalue weighted by molar-refractivity contribution is 0.582. The van der Waals surface area contributed by atoms with Gasteiger partial charge in [0.05, 0.1) is 6.54 Å². The first-order valence-electron chi connectivity index (χ1n) is 4.99. The number of nitrogens with zero attached hydrogens (tertiary/aromatic N) is 3. The molecule has 0 unspecified atom stereocenters. The molecule has 16 heavy (non-hydrogen) atoms. The molecule has 0 aliphatic carbocycles. The van der Waals surface area contributed by atoms with E-state index in [1.807, 2.05) is 25.2 Å². The number of guanidine groups is 1. The molecule has 0 aliphatic rings. The van der Waals surface area contributed by atoms with Crippen LogP contribution < -0.4 is 5.32 Å². The maximum Gasteiger partial charge on any atom is 0.193 e. The highest BCUT2D eigenvalue weighted by Crippen LogP contribution is 2.12. The lowest BCUT2D eigenvalue weighted by Gasteiger charge is -2.15. The maximum atomic E-state index is 4.34. The van der Waals surface area contributed by atoms with E-state index in [9.17, 15) is 0 Å². The first-order chi connectivity index (χ1) is 7.17. The van der Waals surface area contributed by atoms with E-state index in [1.54, 1.807) is 18.4 Å². The van der Waals surface area contributed by atoms with Gasteiger partial charge in [-0.3, -0.25) is 4.99 Å². The number of rotatable bonds is 3. The van der Waals surface area contributed by atoms with Gasteiger partial charge < -0.3 is 10.2 Å². The number of halogens is 1. The fraction of sp³-hybridized carbons (Fsp3) is 0.600. The van der Waals surface area contributed by atoms with Gasteiger partial charge in [-0.25, -0.2) is 4.98 Å². The van der Waals surface area contributed by atoms with Crippen molar-refractivity contribution in [3.63, 3.8) is 0 Å². The molecule has 0 atom stereocenters. The summed E-state index contributed by atoms with van der Waals surface area (Å²) in [5.74, 6) is 0.878. The van der Waals surface area contributed by atoms with Gasteiger partial charge in [-0.2, -0.15) is 0 Å². The third-order valence-electron chi connectivity index (χ3n) is 1.98. The van der Waals surface area contributed by atoms with Crippen LogP contribution in [0.25, 0.3) is 0 Å². The largest absolute Gasteiger partial charge is 0.350 e. The highest BCUT2D eigenvalue weighted by atomic mass is 127. The van der Waals surface area contributed by atoms with Crippen molar-refractivity contribution >= 4 is 41.3 Å². The minimum Gasteiger partial charge on any atom is -0.350 e.